The topological polar surface area (TPSA) is 12.0 Å². The average Bonchev–Trinajstić information content (AvgIpc) is 2.22. The third-order valence-corrected chi connectivity index (χ3v) is 2.31. The second kappa shape index (κ2) is 4.32. The Kier molecular flexibility index (Phi) is 2.88. The highest BCUT2D eigenvalue weighted by molar-refractivity contribution is 6.33. The summed E-state index contributed by atoms with van der Waals surface area (Å²) in [7, 11) is 0. The maximum absolute atomic E-state index is 12.9. The molecule has 0 radical (unpaired) electrons. The SMILES string of the molecule is Fc1cccc(Nc2ccccc2Cl)c1. The van der Waals surface area contributed by atoms with Crippen LogP contribution in [0.4, 0.5) is 15.8 Å². The first-order valence-electron chi connectivity index (χ1n) is 4.53. The fourth-order valence-electron chi connectivity index (χ4n) is 1.28. The number of rotatable bonds is 2. The number of benzene rings is 2. The molecule has 0 saturated heterocycles. The minimum absolute atomic E-state index is 0.271. The fraction of sp³-hybridized carbons (Fsp3) is 0. The lowest BCUT2D eigenvalue weighted by atomic mass is 10.2. The third-order valence-electron chi connectivity index (χ3n) is 1.98. The first-order valence-corrected chi connectivity index (χ1v) is 4.90. The standard InChI is InChI=1S/C12H9ClFN/c13-11-6-1-2-7-12(11)15-10-5-3-4-9(14)8-10/h1-8,15H. The molecular weight excluding hydrogens is 213 g/mol. The van der Waals surface area contributed by atoms with E-state index in [1.54, 1.807) is 18.2 Å². The van der Waals surface area contributed by atoms with Crippen molar-refractivity contribution in [3.63, 3.8) is 0 Å². The first kappa shape index (κ1) is 9.99. The van der Waals surface area contributed by atoms with Gasteiger partial charge in [0, 0.05) is 5.69 Å². The summed E-state index contributed by atoms with van der Waals surface area (Å²) >= 11 is 5.96. The lowest BCUT2D eigenvalue weighted by Crippen LogP contribution is -1.91. The van der Waals surface area contributed by atoms with Crippen LogP contribution in [0.1, 0.15) is 0 Å². The molecule has 0 unspecified atom stereocenters. The molecule has 76 valence electrons. The number of hydrogen-bond donors (Lipinski definition) is 1. The summed E-state index contributed by atoms with van der Waals surface area (Å²) in [6.07, 6.45) is 0. The Morgan fingerprint density at radius 3 is 2.53 bits per heavy atom. The van der Waals surface area contributed by atoms with Crippen LogP contribution in [0.3, 0.4) is 0 Å². The highest BCUT2D eigenvalue weighted by atomic mass is 35.5. The minimum atomic E-state index is -0.271. The molecule has 0 aromatic heterocycles. The summed E-state index contributed by atoms with van der Waals surface area (Å²) in [6.45, 7) is 0. The maximum atomic E-state index is 12.9. The molecular formula is C12H9ClFN. The van der Waals surface area contributed by atoms with Gasteiger partial charge in [-0.15, -0.1) is 0 Å². The van der Waals surface area contributed by atoms with Crippen LogP contribution in [0.25, 0.3) is 0 Å². The van der Waals surface area contributed by atoms with Crippen LogP contribution in [0, 0.1) is 5.82 Å². The van der Waals surface area contributed by atoms with E-state index in [2.05, 4.69) is 5.32 Å². The molecule has 0 aliphatic carbocycles. The van der Waals surface area contributed by atoms with E-state index in [9.17, 15) is 4.39 Å². The Morgan fingerprint density at radius 1 is 1.00 bits per heavy atom. The van der Waals surface area contributed by atoms with Crippen molar-refractivity contribution in [1.82, 2.24) is 0 Å². The molecule has 0 aliphatic heterocycles. The zero-order valence-corrected chi connectivity index (χ0v) is 8.63. The van der Waals surface area contributed by atoms with Gasteiger partial charge in [0.1, 0.15) is 5.82 Å². The van der Waals surface area contributed by atoms with Crippen molar-refractivity contribution < 1.29 is 4.39 Å². The van der Waals surface area contributed by atoms with E-state index in [0.717, 1.165) is 5.69 Å². The monoisotopic (exact) mass is 221 g/mol. The number of nitrogens with one attached hydrogen (secondary N) is 1. The molecule has 15 heavy (non-hydrogen) atoms. The van der Waals surface area contributed by atoms with Gasteiger partial charge in [-0.3, -0.25) is 0 Å². The molecule has 2 aromatic carbocycles. The zero-order chi connectivity index (χ0) is 10.7. The van der Waals surface area contributed by atoms with Crippen molar-refractivity contribution in [2.45, 2.75) is 0 Å². The quantitative estimate of drug-likeness (QED) is 0.801. The van der Waals surface area contributed by atoms with Crippen LogP contribution in [0.5, 0.6) is 0 Å². The molecule has 1 nitrogen and oxygen atoms in total. The van der Waals surface area contributed by atoms with Gasteiger partial charge in [0.15, 0.2) is 0 Å². The van der Waals surface area contributed by atoms with Gasteiger partial charge in [0.25, 0.3) is 0 Å². The molecule has 3 heteroatoms. The summed E-state index contributed by atoms with van der Waals surface area (Å²) in [5.74, 6) is -0.271. The van der Waals surface area contributed by atoms with Gasteiger partial charge in [0.05, 0.1) is 10.7 Å². The molecule has 0 atom stereocenters. The Hall–Kier alpha value is -1.54. The van der Waals surface area contributed by atoms with Crippen molar-refractivity contribution in [2.75, 3.05) is 5.32 Å². The lowest BCUT2D eigenvalue weighted by molar-refractivity contribution is 0.628. The molecule has 0 spiro atoms. The predicted molar refractivity (Wildman–Crippen MR) is 61.1 cm³/mol. The normalized spacial score (nSPS) is 10.0. The Morgan fingerprint density at radius 2 is 1.80 bits per heavy atom. The summed E-state index contributed by atoms with van der Waals surface area (Å²) in [5.41, 5.74) is 1.45. The van der Waals surface area contributed by atoms with Gasteiger partial charge in [0.2, 0.25) is 0 Å². The highest BCUT2D eigenvalue weighted by Crippen LogP contribution is 2.24. The summed E-state index contributed by atoms with van der Waals surface area (Å²) in [5, 5.41) is 3.65. The molecule has 0 bridgehead atoms. The smallest absolute Gasteiger partial charge is 0.125 e. The van der Waals surface area contributed by atoms with Gasteiger partial charge in [-0.25, -0.2) is 4.39 Å². The molecule has 2 aromatic rings. The van der Waals surface area contributed by atoms with Crippen LogP contribution >= 0.6 is 11.6 Å². The van der Waals surface area contributed by atoms with E-state index >= 15 is 0 Å². The molecule has 0 saturated carbocycles. The van der Waals surface area contributed by atoms with Crippen LogP contribution in [0.15, 0.2) is 48.5 Å². The van der Waals surface area contributed by atoms with Crippen molar-refractivity contribution in [2.24, 2.45) is 0 Å². The van der Waals surface area contributed by atoms with Crippen molar-refractivity contribution in [3.8, 4) is 0 Å². The summed E-state index contributed by atoms with van der Waals surface area (Å²) < 4.78 is 12.9. The summed E-state index contributed by atoms with van der Waals surface area (Å²) in [6, 6.07) is 13.6. The van der Waals surface area contributed by atoms with Gasteiger partial charge < -0.3 is 5.32 Å². The minimum Gasteiger partial charge on any atom is -0.354 e. The average molecular weight is 222 g/mol. The Bertz CT molecular complexity index is 471. The van der Waals surface area contributed by atoms with E-state index in [4.69, 9.17) is 11.6 Å². The van der Waals surface area contributed by atoms with Crippen LogP contribution in [-0.4, -0.2) is 0 Å². The number of anilines is 2. The molecule has 0 aliphatic rings. The van der Waals surface area contributed by atoms with Gasteiger partial charge in [-0.05, 0) is 30.3 Å². The Labute approximate surface area is 92.5 Å². The molecule has 0 heterocycles. The van der Waals surface area contributed by atoms with Crippen LogP contribution in [0.2, 0.25) is 5.02 Å². The van der Waals surface area contributed by atoms with E-state index in [-0.39, 0.29) is 5.82 Å². The van der Waals surface area contributed by atoms with Crippen molar-refractivity contribution >= 4 is 23.0 Å². The van der Waals surface area contributed by atoms with E-state index in [1.165, 1.54) is 12.1 Å². The second-order valence-electron chi connectivity index (χ2n) is 3.12. The zero-order valence-electron chi connectivity index (χ0n) is 7.87. The lowest BCUT2D eigenvalue weighted by Gasteiger charge is -2.07. The van der Waals surface area contributed by atoms with Gasteiger partial charge in [-0.1, -0.05) is 29.8 Å². The molecule has 2 rings (SSSR count). The number of hydrogen-bond acceptors (Lipinski definition) is 1. The fourth-order valence-corrected chi connectivity index (χ4v) is 1.47. The molecule has 0 amide bonds. The highest BCUT2D eigenvalue weighted by Gasteiger charge is 1.99. The largest absolute Gasteiger partial charge is 0.354 e. The first-order chi connectivity index (χ1) is 7.25. The second-order valence-corrected chi connectivity index (χ2v) is 3.52. The number of para-hydroxylation sites is 1. The predicted octanol–water partition coefficient (Wildman–Crippen LogP) is 4.22. The van der Waals surface area contributed by atoms with Crippen LogP contribution < -0.4 is 5.32 Å². The maximum Gasteiger partial charge on any atom is 0.125 e. The van der Waals surface area contributed by atoms with Crippen LogP contribution in [-0.2, 0) is 0 Å². The summed E-state index contributed by atoms with van der Waals surface area (Å²) in [4.78, 5) is 0. The van der Waals surface area contributed by atoms with Gasteiger partial charge in [-0.2, -0.15) is 0 Å². The van der Waals surface area contributed by atoms with Crippen molar-refractivity contribution in [3.05, 3.63) is 59.4 Å². The van der Waals surface area contributed by atoms with E-state index in [1.807, 2.05) is 18.2 Å². The number of halogens is 2. The van der Waals surface area contributed by atoms with Gasteiger partial charge >= 0.3 is 0 Å². The third kappa shape index (κ3) is 2.48. The molecule has 1 N–H and O–H groups in total. The van der Waals surface area contributed by atoms with Crippen molar-refractivity contribution in [1.29, 1.82) is 0 Å². The Balaban J connectivity index is 2.26. The van der Waals surface area contributed by atoms with E-state index in [0.29, 0.717) is 10.7 Å². The molecule has 0 fully saturated rings. The van der Waals surface area contributed by atoms with E-state index < -0.39 is 0 Å².